The van der Waals surface area contributed by atoms with E-state index in [-0.39, 0.29) is 5.41 Å². The van der Waals surface area contributed by atoms with Crippen LogP contribution in [0.15, 0.2) is 171 Å². The van der Waals surface area contributed by atoms with E-state index in [0.717, 1.165) is 49.3 Å². The first kappa shape index (κ1) is 45.3. The molecule has 10 aromatic rings. The van der Waals surface area contributed by atoms with Gasteiger partial charge >= 0.3 is 0 Å². The van der Waals surface area contributed by atoms with Crippen LogP contribution in [0.1, 0.15) is 77.4 Å². The summed E-state index contributed by atoms with van der Waals surface area (Å²) >= 11 is 5.43. The maximum absolute atomic E-state index is 5.59. The van der Waals surface area contributed by atoms with Gasteiger partial charge in [-0.05, 0) is 149 Å². The molecule has 0 spiro atoms. The lowest BCUT2D eigenvalue weighted by Crippen LogP contribution is -2.26. The van der Waals surface area contributed by atoms with E-state index in [1.165, 1.54) is 91.0 Å². The Balaban J connectivity index is 1.05. The normalized spacial score (nSPS) is 13.6. The number of fused-ring (bicyclic) bond motifs is 5. The molecule has 0 aliphatic heterocycles. The molecule has 5 heteroatoms. The Hall–Kier alpha value is -7.15. The molecule has 0 amide bonds. The molecule has 11 rings (SSSR count). The van der Waals surface area contributed by atoms with Gasteiger partial charge in [-0.3, -0.25) is 0 Å². The summed E-state index contributed by atoms with van der Waals surface area (Å²) in [5.41, 5.74) is 17.8. The maximum Gasteiger partial charge on any atom is 0.124 e. The highest BCUT2D eigenvalue weighted by molar-refractivity contribution is 7.20. The van der Waals surface area contributed by atoms with E-state index in [1.54, 1.807) is 22.7 Å². The van der Waals surface area contributed by atoms with Gasteiger partial charge in [-0.2, -0.15) is 0 Å². The Kier molecular flexibility index (Phi) is 11.8. The molecule has 0 radical (unpaired) electrons. The van der Waals surface area contributed by atoms with Gasteiger partial charge in [0.05, 0.1) is 21.1 Å². The fourth-order valence-corrected chi connectivity index (χ4v) is 13.0. The second kappa shape index (κ2) is 18.3. The zero-order valence-corrected chi connectivity index (χ0v) is 43.0. The molecule has 4 aromatic heterocycles. The average Bonchev–Trinajstić information content (AvgIpc) is 4.08. The second-order valence-electron chi connectivity index (χ2n) is 19.3. The number of para-hydroxylation sites is 1. The van der Waals surface area contributed by atoms with E-state index >= 15 is 0 Å². The van der Waals surface area contributed by atoms with Gasteiger partial charge in [-0.15, -0.1) is 34.0 Å². The molecular formula is C65H54N2S3. The maximum atomic E-state index is 5.59. The first-order valence-corrected chi connectivity index (χ1v) is 26.4. The van der Waals surface area contributed by atoms with Crippen molar-refractivity contribution in [1.82, 2.24) is 9.55 Å². The van der Waals surface area contributed by atoms with Gasteiger partial charge in [0.1, 0.15) is 5.01 Å². The minimum absolute atomic E-state index is 0.114. The molecule has 70 heavy (non-hydrogen) atoms. The van der Waals surface area contributed by atoms with Gasteiger partial charge in [0.2, 0.25) is 0 Å². The molecule has 0 bridgehead atoms. The number of aromatic nitrogens is 2. The Bertz CT molecular complexity index is 3930. The zero-order chi connectivity index (χ0) is 48.3. The Morgan fingerprint density at radius 1 is 0.657 bits per heavy atom. The molecule has 2 nitrogen and oxygen atoms in total. The van der Waals surface area contributed by atoms with Crippen LogP contribution in [0.4, 0.5) is 0 Å². The molecule has 342 valence electrons. The third kappa shape index (κ3) is 8.32. The molecule has 1 aliphatic rings. The molecular weight excluding hydrogens is 905 g/mol. The molecule has 0 fully saturated rings. The summed E-state index contributed by atoms with van der Waals surface area (Å²) < 4.78 is 6.12. The molecule has 0 unspecified atom stereocenters. The first-order valence-electron chi connectivity index (χ1n) is 24.0. The highest BCUT2D eigenvalue weighted by Crippen LogP contribution is 2.39. The predicted octanol–water partition coefficient (Wildman–Crippen LogP) is 17.9. The molecule has 0 N–H and O–H groups in total. The van der Waals surface area contributed by atoms with E-state index in [9.17, 15) is 0 Å². The van der Waals surface area contributed by atoms with Crippen molar-refractivity contribution in [3.8, 4) is 38.5 Å². The van der Waals surface area contributed by atoms with Gasteiger partial charge in [0, 0.05) is 52.3 Å². The highest BCUT2D eigenvalue weighted by atomic mass is 32.1. The standard InChI is InChI=1S/C65H54N2S3/c1-9-51(46-27-25-45(26-28-46)47-30-33-60-54(37-47)41(4)59(10-2)69-60)62-63(40(3)43-21-23-44(24-22-43)48-31-34-61-56(38-48)52(42(5)68-61)35-36-65(6,7)8)70-64(66-62)49-29-32-58-55(39-49)53-19-15-12-16-20-57(53)67(58)50-17-13-11-14-18-50/h9-11,13-39H,1-2,12H2,3-8H3/b36-35-,62-51-,63-40-. The van der Waals surface area contributed by atoms with E-state index in [0.29, 0.717) is 0 Å². The van der Waals surface area contributed by atoms with Crippen molar-refractivity contribution in [2.24, 2.45) is 5.41 Å². The number of rotatable bonds is 9. The van der Waals surface area contributed by atoms with E-state index in [2.05, 4.69) is 229 Å². The van der Waals surface area contributed by atoms with Crippen molar-refractivity contribution in [3.05, 3.63) is 224 Å². The minimum Gasteiger partial charge on any atom is -0.309 e. The summed E-state index contributed by atoms with van der Waals surface area (Å²) in [6.45, 7) is 21.9. The number of aryl methyl sites for hydroxylation is 2. The molecule has 6 aromatic carbocycles. The van der Waals surface area contributed by atoms with Crippen LogP contribution >= 0.6 is 34.0 Å². The fraction of sp³-hybridized carbons (Fsp3) is 0.123. The van der Waals surface area contributed by atoms with Gasteiger partial charge in [-0.25, -0.2) is 4.98 Å². The summed E-state index contributed by atoms with van der Waals surface area (Å²) in [4.78, 5) is 8.16. The zero-order valence-electron chi connectivity index (χ0n) is 40.6. The number of thiazole rings is 1. The first-order chi connectivity index (χ1) is 34.0. The quantitative estimate of drug-likeness (QED) is 0.141. The third-order valence-corrected chi connectivity index (χ3v) is 17.2. The Morgan fingerprint density at radius 3 is 1.97 bits per heavy atom. The van der Waals surface area contributed by atoms with Gasteiger partial charge in [0.25, 0.3) is 0 Å². The van der Waals surface area contributed by atoms with E-state index < -0.39 is 0 Å². The van der Waals surface area contributed by atoms with Crippen LogP contribution in [0, 0.1) is 19.3 Å². The van der Waals surface area contributed by atoms with E-state index in [4.69, 9.17) is 4.98 Å². The summed E-state index contributed by atoms with van der Waals surface area (Å²) in [5.74, 6) is 0. The number of allylic oxidation sites excluding steroid dienone is 4. The van der Waals surface area contributed by atoms with Crippen LogP contribution in [0.5, 0.6) is 0 Å². The van der Waals surface area contributed by atoms with Crippen molar-refractivity contribution in [1.29, 1.82) is 0 Å². The predicted molar refractivity (Wildman–Crippen MR) is 310 cm³/mol. The van der Waals surface area contributed by atoms with E-state index in [1.807, 2.05) is 23.5 Å². The lowest BCUT2D eigenvalue weighted by molar-refractivity contribution is 0.547. The van der Waals surface area contributed by atoms with Gasteiger partial charge < -0.3 is 4.57 Å². The number of hydrogen-bond acceptors (Lipinski definition) is 4. The van der Waals surface area contributed by atoms with Crippen LogP contribution in [0.3, 0.4) is 0 Å². The Morgan fingerprint density at radius 2 is 1.29 bits per heavy atom. The average molecular weight is 959 g/mol. The van der Waals surface area contributed by atoms with Crippen LogP contribution in [-0.2, 0) is 0 Å². The van der Waals surface area contributed by atoms with Crippen LogP contribution in [0.25, 0.3) is 105 Å². The number of hydrogen-bond donors (Lipinski definition) is 0. The fourth-order valence-electron chi connectivity index (χ4n) is 9.80. The highest BCUT2D eigenvalue weighted by Gasteiger charge is 2.19. The van der Waals surface area contributed by atoms with Gasteiger partial charge in [-0.1, -0.05) is 155 Å². The lowest BCUT2D eigenvalue weighted by atomic mass is 9.94. The van der Waals surface area contributed by atoms with Crippen LogP contribution in [-0.4, -0.2) is 9.55 Å². The van der Waals surface area contributed by atoms with Gasteiger partial charge in [0.15, 0.2) is 0 Å². The number of thiophene rings is 2. The van der Waals surface area contributed by atoms with Crippen molar-refractivity contribution in [2.75, 3.05) is 0 Å². The summed E-state index contributed by atoms with van der Waals surface area (Å²) in [7, 11) is 0. The smallest absolute Gasteiger partial charge is 0.124 e. The largest absolute Gasteiger partial charge is 0.309 e. The molecule has 1 aliphatic carbocycles. The van der Waals surface area contributed by atoms with Crippen molar-refractivity contribution in [3.63, 3.8) is 0 Å². The molecule has 4 heterocycles. The summed E-state index contributed by atoms with van der Waals surface area (Å²) in [6, 6.07) is 49.2. The van der Waals surface area contributed by atoms with Crippen LogP contribution in [0.2, 0.25) is 0 Å². The summed E-state index contributed by atoms with van der Waals surface area (Å²) in [6.07, 6.45) is 18.6. The summed E-state index contributed by atoms with van der Waals surface area (Å²) in [5, 5.41) is 5.72. The third-order valence-electron chi connectivity index (χ3n) is 13.6. The Labute approximate surface area is 423 Å². The topological polar surface area (TPSA) is 17.8 Å². The lowest BCUT2D eigenvalue weighted by Gasteiger charge is -2.11. The second-order valence-corrected chi connectivity index (χ2v) is 22.7. The number of nitrogens with zero attached hydrogens (tertiary/aromatic N) is 2. The molecule has 0 saturated carbocycles. The molecule has 0 atom stereocenters. The van der Waals surface area contributed by atoms with Crippen molar-refractivity contribution >= 4 is 101 Å². The molecule has 0 saturated heterocycles. The SMILES string of the molecule is C=C/C(c1ccc(-c2ccc3sc(C=C)c(C)c3c2)cc1)=c1/nc(-c2ccc3c(c2)c2c(n3-c3ccccc3)C=CCC=C2)s/c1=C(/C)c1ccc(-c2ccc3sc(C)c(/C=C\C(C)(C)C)c3c2)cc1. The number of benzene rings is 6. The van der Waals surface area contributed by atoms with Crippen molar-refractivity contribution in [2.45, 2.75) is 48.0 Å². The van der Waals surface area contributed by atoms with Crippen molar-refractivity contribution < 1.29 is 0 Å². The monoisotopic (exact) mass is 958 g/mol. The minimum atomic E-state index is 0.114. The van der Waals surface area contributed by atoms with Crippen LogP contribution < -0.4 is 9.88 Å².